The van der Waals surface area contributed by atoms with Crippen LogP contribution in [0.25, 0.3) is 33.0 Å². The summed E-state index contributed by atoms with van der Waals surface area (Å²) in [6, 6.07) is 17.3. The first kappa shape index (κ1) is 24.4. The van der Waals surface area contributed by atoms with Gasteiger partial charge >= 0.3 is 0 Å². The third-order valence-corrected chi connectivity index (χ3v) is 6.41. The Morgan fingerprint density at radius 1 is 1.05 bits per heavy atom. The Morgan fingerprint density at radius 2 is 1.78 bits per heavy atom. The van der Waals surface area contributed by atoms with Gasteiger partial charge in [-0.05, 0) is 42.8 Å². The molecular weight excluding hydrogens is 515 g/mol. The molecule has 10 heteroatoms. The number of aromatic nitrogens is 2. The maximum atomic E-state index is 13.0. The zero-order valence-electron chi connectivity index (χ0n) is 19.4. The minimum absolute atomic E-state index is 0.124. The molecule has 0 radical (unpaired) electrons. The van der Waals surface area contributed by atoms with E-state index in [4.69, 9.17) is 27.6 Å². The fourth-order valence-corrected chi connectivity index (χ4v) is 4.15. The molecule has 184 valence electrons. The number of fused-ring (bicyclic) bond motifs is 2. The van der Waals surface area contributed by atoms with Gasteiger partial charge in [-0.25, -0.2) is 10.1 Å². The van der Waals surface area contributed by atoms with E-state index < -0.39 is 11.5 Å². The van der Waals surface area contributed by atoms with Crippen molar-refractivity contribution in [2.45, 2.75) is 13.5 Å². The van der Waals surface area contributed by atoms with Crippen LogP contribution in [-0.4, -0.2) is 21.9 Å². The van der Waals surface area contributed by atoms with E-state index in [9.17, 15) is 14.4 Å². The summed E-state index contributed by atoms with van der Waals surface area (Å²) < 4.78 is 6.58. The minimum Gasteiger partial charge on any atom is -0.463 e. The molecule has 1 N–H and O–H groups in total. The highest BCUT2D eigenvalue weighted by molar-refractivity contribution is 6.32. The van der Waals surface area contributed by atoms with Crippen molar-refractivity contribution in [3.63, 3.8) is 0 Å². The molecule has 0 aliphatic rings. The van der Waals surface area contributed by atoms with Crippen molar-refractivity contribution in [3.05, 3.63) is 109 Å². The summed E-state index contributed by atoms with van der Waals surface area (Å²) in [5.74, 6) is -0.605. The molecule has 5 aromatic rings. The number of rotatable bonds is 5. The standard InChI is InChI=1S/C27H18Cl2N4O4/c1-15-10-23-21(11-22(15)29)26(35)17(14-37-23)12-30-31-24(34)13-33-27(36)20-5-3-2-4-19(20)25(32-33)16-6-8-18(28)9-7-16/h2-12,14H,13H2,1H3,(H,31,34)/b30-12+. The monoisotopic (exact) mass is 532 g/mol. The van der Waals surface area contributed by atoms with E-state index in [-0.39, 0.29) is 17.5 Å². The first-order valence-electron chi connectivity index (χ1n) is 11.1. The second-order valence-corrected chi connectivity index (χ2v) is 9.12. The van der Waals surface area contributed by atoms with Crippen molar-refractivity contribution in [2.24, 2.45) is 5.10 Å². The summed E-state index contributed by atoms with van der Waals surface area (Å²) >= 11 is 12.1. The fourth-order valence-electron chi connectivity index (χ4n) is 3.86. The van der Waals surface area contributed by atoms with Crippen LogP contribution in [0.2, 0.25) is 10.0 Å². The lowest BCUT2D eigenvalue weighted by atomic mass is 10.1. The highest BCUT2D eigenvalue weighted by Crippen LogP contribution is 2.26. The third kappa shape index (κ3) is 4.89. The van der Waals surface area contributed by atoms with Crippen LogP contribution in [-0.2, 0) is 11.3 Å². The summed E-state index contributed by atoms with van der Waals surface area (Å²) in [6.07, 6.45) is 2.42. The predicted octanol–water partition coefficient (Wildman–Crippen LogP) is 4.94. The number of halogens is 2. The fraction of sp³-hybridized carbons (Fsp3) is 0.0741. The third-order valence-electron chi connectivity index (χ3n) is 5.75. The Morgan fingerprint density at radius 3 is 2.54 bits per heavy atom. The van der Waals surface area contributed by atoms with Gasteiger partial charge in [-0.1, -0.05) is 53.5 Å². The van der Waals surface area contributed by atoms with E-state index >= 15 is 0 Å². The summed E-state index contributed by atoms with van der Waals surface area (Å²) in [5.41, 5.74) is 4.13. The minimum atomic E-state index is -0.605. The number of nitrogens with zero attached hydrogens (tertiary/aromatic N) is 3. The Hall–Kier alpha value is -4.27. The normalized spacial score (nSPS) is 11.4. The SMILES string of the molecule is Cc1cc2occ(/C=N/NC(=O)Cn3nc(-c4ccc(Cl)cc4)c4ccccc4c3=O)c(=O)c2cc1Cl. The molecule has 0 aliphatic carbocycles. The van der Waals surface area contributed by atoms with Crippen LogP contribution in [0, 0.1) is 6.92 Å². The van der Waals surface area contributed by atoms with E-state index in [1.165, 1.54) is 18.5 Å². The number of hydrazone groups is 1. The number of carbonyl (C=O) groups excluding carboxylic acids is 1. The number of hydrogen-bond acceptors (Lipinski definition) is 6. The Labute approximate surface area is 219 Å². The molecule has 0 saturated heterocycles. The summed E-state index contributed by atoms with van der Waals surface area (Å²) in [6.45, 7) is 1.42. The Balaban J connectivity index is 1.41. The van der Waals surface area contributed by atoms with Crippen LogP contribution in [0.5, 0.6) is 0 Å². The molecule has 3 aromatic carbocycles. The number of aryl methyl sites for hydroxylation is 1. The van der Waals surface area contributed by atoms with Gasteiger partial charge in [0.1, 0.15) is 18.4 Å². The second kappa shape index (κ2) is 10.0. The van der Waals surface area contributed by atoms with Gasteiger partial charge in [-0.15, -0.1) is 0 Å². The Bertz CT molecular complexity index is 1830. The van der Waals surface area contributed by atoms with Gasteiger partial charge in [0.05, 0.1) is 28.2 Å². The molecule has 2 aromatic heterocycles. The van der Waals surface area contributed by atoms with Crippen LogP contribution >= 0.6 is 23.2 Å². The van der Waals surface area contributed by atoms with Crippen molar-refractivity contribution >= 4 is 57.1 Å². The van der Waals surface area contributed by atoms with Crippen molar-refractivity contribution in [1.29, 1.82) is 0 Å². The maximum Gasteiger partial charge on any atom is 0.275 e. The van der Waals surface area contributed by atoms with Gasteiger partial charge < -0.3 is 4.42 Å². The molecule has 0 unspecified atom stereocenters. The van der Waals surface area contributed by atoms with Crippen LogP contribution in [0.3, 0.4) is 0 Å². The first-order valence-corrected chi connectivity index (χ1v) is 11.9. The van der Waals surface area contributed by atoms with E-state index in [2.05, 4.69) is 15.6 Å². The predicted molar refractivity (Wildman–Crippen MR) is 144 cm³/mol. The topological polar surface area (TPSA) is 107 Å². The number of benzene rings is 3. The van der Waals surface area contributed by atoms with Crippen molar-refractivity contribution in [2.75, 3.05) is 0 Å². The lowest BCUT2D eigenvalue weighted by Gasteiger charge is -2.11. The average molecular weight is 533 g/mol. The van der Waals surface area contributed by atoms with Crippen molar-refractivity contribution < 1.29 is 9.21 Å². The molecule has 8 nitrogen and oxygen atoms in total. The number of nitrogens with one attached hydrogen (secondary N) is 1. The molecule has 0 fully saturated rings. The van der Waals surface area contributed by atoms with Gasteiger partial charge in [-0.3, -0.25) is 14.4 Å². The molecular formula is C27H18Cl2N4O4. The van der Waals surface area contributed by atoms with Gasteiger partial charge in [0.25, 0.3) is 11.5 Å². The van der Waals surface area contributed by atoms with Gasteiger partial charge in [0.2, 0.25) is 5.43 Å². The lowest BCUT2D eigenvalue weighted by molar-refractivity contribution is -0.121. The van der Waals surface area contributed by atoms with Crippen molar-refractivity contribution in [3.8, 4) is 11.3 Å². The second-order valence-electron chi connectivity index (χ2n) is 8.27. The highest BCUT2D eigenvalue weighted by atomic mass is 35.5. The van der Waals surface area contributed by atoms with E-state index in [0.717, 1.165) is 15.8 Å². The number of amides is 1. The van der Waals surface area contributed by atoms with E-state index in [1.807, 2.05) is 6.07 Å². The lowest BCUT2D eigenvalue weighted by Crippen LogP contribution is -2.32. The number of hydrogen-bond donors (Lipinski definition) is 1. The average Bonchev–Trinajstić information content (AvgIpc) is 2.89. The van der Waals surface area contributed by atoms with Gasteiger partial charge in [0.15, 0.2) is 0 Å². The van der Waals surface area contributed by atoms with Crippen molar-refractivity contribution in [1.82, 2.24) is 15.2 Å². The largest absolute Gasteiger partial charge is 0.463 e. The molecule has 1 amide bonds. The van der Waals surface area contributed by atoms with Gasteiger partial charge in [0, 0.05) is 21.0 Å². The summed E-state index contributed by atoms with van der Waals surface area (Å²) in [7, 11) is 0. The van der Waals surface area contributed by atoms with Crippen LogP contribution in [0.4, 0.5) is 0 Å². The van der Waals surface area contributed by atoms with Crippen LogP contribution in [0.1, 0.15) is 11.1 Å². The highest BCUT2D eigenvalue weighted by Gasteiger charge is 2.14. The summed E-state index contributed by atoms with van der Waals surface area (Å²) in [4.78, 5) is 38.4. The zero-order valence-corrected chi connectivity index (χ0v) is 20.9. The van der Waals surface area contributed by atoms with Crippen LogP contribution < -0.4 is 16.4 Å². The zero-order chi connectivity index (χ0) is 26.1. The number of carbonyl (C=O) groups is 1. The molecule has 2 heterocycles. The first-order chi connectivity index (χ1) is 17.8. The molecule has 0 aliphatic heterocycles. The molecule has 5 rings (SSSR count). The Kier molecular flexibility index (Phi) is 6.60. The molecule has 0 saturated carbocycles. The van der Waals surface area contributed by atoms with E-state index in [0.29, 0.717) is 37.5 Å². The molecule has 0 bridgehead atoms. The summed E-state index contributed by atoms with van der Waals surface area (Å²) in [5, 5.41) is 10.7. The maximum absolute atomic E-state index is 13.0. The molecule has 0 spiro atoms. The molecule has 0 atom stereocenters. The van der Waals surface area contributed by atoms with Gasteiger partial charge in [-0.2, -0.15) is 10.2 Å². The van der Waals surface area contributed by atoms with Crippen LogP contribution in [0.15, 0.2) is 86.0 Å². The quantitative estimate of drug-likeness (QED) is 0.255. The smallest absolute Gasteiger partial charge is 0.275 e. The van der Waals surface area contributed by atoms with E-state index in [1.54, 1.807) is 55.5 Å². The molecule has 37 heavy (non-hydrogen) atoms.